The van der Waals surface area contributed by atoms with Gasteiger partial charge in [-0.1, -0.05) is 6.07 Å². The standard InChI is InChI=1S/C11H12N2O3S/c1-12-10(14)7-8(6-4-3-5-17-6)13(2)16-9(7)11(12)15/h3-5,7-9H,1-2H3/t7-,8+,9+/m1/s1. The maximum absolute atomic E-state index is 12.1. The van der Waals surface area contributed by atoms with Gasteiger partial charge in [-0.05, 0) is 11.4 Å². The van der Waals surface area contributed by atoms with Crippen LogP contribution in [-0.2, 0) is 14.4 Å². The van der Waals surface area contributed by atoms with E-state index >= 15 is 0 Å². The quantitative estimate of drug-likeness (QED) is 0.689. The Bertz CT molecular complexity index is 473. The number of hydrogen-bond acceptors (Lipinski definition) is 5. The molecule has 0 spiro atoms. The Morgan fingerprint density at radius 2 is 2.06 bits per heavy atom. The van der Waals surface area contributed by atoms with Crippen molar-refractivity contribution < 1.29 is 14.4 Å². The molecule has 3 atom stereocenters. The number of carbonyl (C=O) groups excluding carboxylic acids is 2. The van der Waals surface area contributed by atoms with Crippen LogP contribution in [-0.4, -0.2) is 42.0 Å². The molecule has 2 amide bonds. The summed E-state index contributed by atoms with van der Waals surface area (Å²) in [5.74, 6) is -0.801. The smallest absolute Gasteiger partial charge is 0.261 e. The van der Waals surface area contributed by atoms with Crippen molar-refractivity contribution >= 4 is 23.2 Å². The van der Waals surface area contributed by atoms with E-state index in [1.807, 2.05) is 17.5 Å². The number of fused-ring (bicyclic) bond motifs is 1. The third kappa shape index (κ3) is 1.38. The molecule has 3 rings (SSSR count). The molecule has 2 saturated heterocycles. The molecule has 5 nitrogen and oxygen atoms in total. The number of imide groups is 1. The van der Waals surface area contributed by atoms with E-state index in [-0.39, 0.29) is 17.9 Å². The fraction of sp³-hybridized carbons (Fsp3) is 0.455. The average Bonchev–Trinajstić information content (AvgIpc) is 2.96. The van der Waals surface area contributed by atoms with Gasteiger partial charge in [-0.15, -0.1) is 11.3 Å². The number of likely N-dealkylation sites (tertiary alicyclic amines) is 1. The lowest BCUT2D eigenvalue weighted by atomic mass is 9.96. The third-order valence-electron chi connectivity index (χ3n) is 3.36. The highest BCUT2D eigenvalue weighted by molar-refractivity contribution is 7.10. The van der Waals surface area contributed by atoms with Gasteiger partial charge >= 0.3 is 0 Å². The Kier molecular flexibility index (Phi) is 2.32. The molecule has 2 aliphatic heterocycles. The molecule has 2 aliphatic rings. The van der Waals surface area contributed by atoms with E-state index in [4.69, 9.17) is 4.84 Å². The molecule has 0 bridgehead atoms. The first-order valence-electron chi connectivity index (χ1n) is 5.35. The van der Waals surface area contributed by atoms with Crippen LogP contribution < -0.4 is 0 Å². The fourth-order valence-corrected chi connectivity index (χ4v) is 3.41. The summed E-state index contributed by atoms with van der Waals surface area (Å²) in [7, 11) is 3.28. The molecule has 0 saturated carbocycles. The van der Waals surface area contributed by atoms with E-state index in [1.54, 1.807) is 23.4 Å². The first kappa shape index (κ1) is 10.9. The summed E-state index contributed by atoms with van der Waals surface area (Å²) < 4.78 is 0. The number of hydroxylamine groups is 2. The lowest BCUT2D eigenvalue weighted by molar-refractivity contribution is -0.168. The van der Waals surface area contributed by atoms with Crippen molar-refractivity contribution in [3.8, 4) is 0 Å². The number of hydrogen-bond donors (Lipinski definition) is 0. The minimum Gasteiger partial charge on any atom is -0.284 e. The molecule has 1 aromatic rings. The largest absolute Gasteiger partial charge is 0.284 e. The van der Waals surface area contributed by atoms with E-state index in [9.17, 15) is 9.59 Å². The second-order valence-corrected chi connectivity index (χ2v) is 5.27. The summed E-state index contributed by atoms with van der Waals surface area (Å²) in [6.07, 6.45) is -0.649. The van der Waals surface area contributed by atoms with Crippen LogP contribution in [0.5, 0.6) is 0 Å². The van der Waals surface area contributed by atoms with Crippen LogP contribution in [0, 0.1) is 5.92 Å². The average molecular weight is 252 g/mol. The predicted molar refractivity (Wildman–Crippen MR) is 61.0 cm³/mol. The molecule has 1 aromatic heterocycles. The van der Waals surface area contributed by atoms with Crippen LogP contribution in [0.15, 0.2) is 17.5 Å². The molecule has 0 aliphatic carbocycles. The second-order valence-electron chi connectivity index (χ2n) is 4.29. The number of nitrogens with zero attached hydrogens (tertiary/aromatic N) is 2. The van der Waals surface area contributed by atoms with Crippen molar-refractivity contribution in [3.05, 3.63) is 22.4 Å². The fourth-order valence-electron chi connectivity index (χ4n) is 2.50. The van der Waals surface area contributed by atoms with E-state index in [0.29, 0.717) is 0 Å². The molecular weight excluding hydrogens is 240 g/mol. The van der Waals surface area contributed by atoms with E-state index in [2.05, 4.69) is 0 Å². The van der Waals surface area contributed by atoms with Gasteiger partial charge in [0.2, 0.25) is 5.91 Å². The van der Waals surface area contributed by atoms with E-state index < -0.39 is 12.0 Å². The predicted octanol–water partition coefficient (Wildman–Crippen LogP) is 0.650. The molecule has 0 aromatic carbocycles. The monoisotopic (exact) mass is 252 g/mol. The van der Waals surface area contributed by atoms with Crippen molar-refractivity contribution in [2.75, 3.05) is 14.1 Å². The van der Waals surface area contributed by atoms with Crippen molar-refractivity contribution in [1.29, 1.82) is 0 Å². The number of likely N-dealkylation sites (N-methyl/N-ethyl adjacent to an activating group) is 1. The zero-order valence-corrected chi connectivity index (χ0v) is 10.3. The van der Waals surface area contributed by atoms with Crippen molar-refractivity contribution in [2.24, 2.45) is 5.92 Å². The van der Waals surface area contributed by atoms with Crippen LogP contribution in [0.3, 0.4) is 0 Å². The summed E-state index contributed by atoms with van der Waals surface area (Å²) >= 11 is 1.57. The lowest BCUT2D eigenvalue weighted by Crippen LogP contribution is -2.33. The number of amides is 2. The highest BCUT2D eigenvalue weighted by Gasteiger charge is 2.57. The minimum absolute atomic E-state index is 0.150. The maximum Gasteiger partial charge on any atom is 0.261 e. The molecule has 0 unspecified atom stereocenters. The van der Waals surface area contributed by atoms with Gasteiger partial charge < -0.3 is 0 Å². The van der Waals surface area contributed by atoms with Crippen LogP contribution in [0.1, 0.15) is 10.9 Å². The molecule has 0 N–H and O–H groups in total. The molecule has 6 heteroatoms. The summed E-state index contributed by atoms with van der Waals surface area (Å²) in [5, 5.41) is 3.59. The highest BCUT2D eigenvalue weighted by Crippen LogP contribution is 2.44. The van der Waals surface area contributed by atoms with Gasteiger partial charge in [-0.2, -0.15) is 5.06 Å². The van der Waals surface area contributed by atoms with Crippen molar-refractivity contribution in [2.45, 2.75) is 12.1 Å². The van der Waals surface area contributed by atoms with Crippen molar-refractivity contribution in [3.63, 3.8) is 0 Å². The van der Waals surface area contributed by atoms with Gasteiger partial charge in [-0.3, -0.25) is 19.3 Å². The second kappa shape index (κ2) is 3.63. The van der Waals surface area contributed by atoms with Crippen LogP contribution in [0.4, 0.5) is 0 Å². The van der Waals surface area contributed by atoms with E-state index in [1.165, 1.54) is 11.9 Å². The minimum atomic E-state index is -0.649. The molecule has 3 heterocycles. The number of carbonyl (C=O) groups is 2. The Morgan fingerprint density at radius 1 is 1.29 bits per heavy atom. The molecule has 2 fully saturated rings. The van der Waals surface area contributed by atoms with Gasteiger partial charge in [0.15, 0.2) is 6.10 Å². The van der Waals surface area contributed by atoms with Gasteiger partial charge in [0.25, 0.3) is 5.91 Å². The normalized spacial score (nSPS) is 33.5. The first-order valence-corrected chi connectivity index (χ1v) is 6.23. The lowest BCUT2D eigenvalue weighted by Gasteiger charge is -2.21. The number of thiophene rings is 1. The summed E-state index contributed by atoms with van der Waals surface area (Å²) in [6, 6.07) is 3.75. The molecular formula is C11H12N2O3S. The summed E-state index contributed by atoms with van der Waals surface area (Å²) in [6.45, 7) is 0. The maximum atomic E-state index is 12.1. The molecule has 90 valence electrons. The van der Waals surface area contributed by atoms with Gasteiger partial charge in [0, 0.05) is 19.0 Å². The van der Waals surface area contributed by atoms with Gasteiger partial charge in [0.1, 0.15) is 0 Å². The topological polar surface area (TPSA) is 49.9 Å². The highest BCUT2D eigenvalue weighted by atomic mass is 32.1. The van der Waals surface area contributed by atoms with Crippen molar-refractivity contribution in [1.82, 2.24) is 9.96 Å². The van der Waals surface area contributed by atoms with Crippen LogP contribution >= 0.6 is 11.3 Å². The first-order chi connectivity index (χ1) is 8.11. The molecule has 0 radical (unpaired) electrons. The number of rotatable bonds is 1. The Balaban J connectivity index is 2.01. The van der Waals surface area contributed by atoms with Gasteiger partial charge in [-0.25, -0.2) is 0 Å². The zero-order chi connectivity index (χ0) is 12.2. The zero-order valence-electron chi connectivity index (χ0n) is 9.49. The van der Waals surface area contributed by atoms with Crippen LogP contribution in [0.25, 0.3) is 0 Å². The van der Waals surface area contributed by atoms with Gasteiger partial charge in [0.05, 0.1) is 12.0 Å². The SMILES string of the molecule is CN1C(=O)[C@H]2[C@H](ON(C)[C@H]2c2cccs2)C1=O. The molecule has 17 heavy (non-hydrogen) atoms. The third-order valence-corrected chi connectivity index (χ3v) is 4.31. The van der Waals surface area contributed by atoms with Crippen LogP contribution in [0.2, 0.25) is 0 Å². The summed E-state index contributed by atoms with van der Waals surface area (Å²) in [4.78, 5) is 31.6. The Labute approximate surface area is 103 Å². The van der Waals surface area contributed by atoms with E-state index in [0.717, 1.165) is 4.88 Å². The summed E-state index contributed by atoms with van der Waals surface area (Å²) in [5.41, 5.74) is 0. The Morgan fingerprint density at radius 3 is 2.71 bits per heavy atom. The Hall–Kier alpha value is -1.24.